The zero-order valence-electron chi connectivity index (χ0n) is 32.5. The maximum atomic E-state index is 12.2. The monoisotopic (exact) mass is 866 g/mol. The van der Waals surface area contributed by atoms with Gasteiger partial charge >= 0.3 is 0 Å². The normalized spacial score (nSPS) is 12.5. The van der Waals surface area contributed by atoms with Crippen molar-refractivity contribution in [2.24, 2.45) is 16.7 Å². The second-order valence-corrected chi connectivity index (χ2v) is 15.7. The van der Waals surface area contributed by atoms with Crippen LogP contribution >= 0.6 is 0 Å². The summed E-state index contributed by atoms with van der Waals surface area (Å²) in [5.74, 6) is 0.844. The van der Waals surface area contributed by atoms with E-state index < -0.39 is 0 Å². The first-order valence-corrected chi connectivity index (χ1v) is 18.3. The van der Waals surface area contributed by atoms with Gasteiger partial charge in [0.2, 0.25) is 5.71 Å². The molecule has 0 saturated carbocycles. The Bertz CT molecular complexity index is 1960. The van der Waals surface area contributed by atoms with Crippen LogP contribution in [0.5, 0.6) is 0 Å². The third-order valence-corrected chi connectivity index (χ3v) is 10.7. The molecule has 5 nitrogen and oxygen atoms in total. The summed E-state index contributed by atoms with van der Waals surface area (Å²) >= 11 is 0. The van der Waals surface area contributed by atoms with Crippen molar-refractivity contribution in [3.63, 3.8) is 0 Å². The molecule has 3 heterocycles. The summed E-state index contributed by atoms with van der Waals surface area (Å²) in [5, 5.41) is 13.6. The van der Waals surface area contributed by atoms with E-state index in [0.717, 1.165) is 65.3 Å². The topological polar surface area (TPSA) is 76.2 Å². The van der Waals surface area contributed by atoms with Crippen LogP contribution in [0.1, 0.15) is 113 Å². The molecule has 5 rings (SSSR count). The van der Waals surface area contributed by atoms with Gasteiger partial charge in [0.1, 0.15) is 5.76 Å². The van der Waals surface area contributed by atoms with Crippen LogP contribution in [0.15, 0.2) is 83.4 Å². The van der Waals surface area contributed by atoms with Gasteiger partial charge in [-0.1, -0.05) is 111 Å². The van der Waals surface area contributed by atoms with Gasteiger partial charge in [0.25, 0.3) is 0 Å². The van der Waals surface area contributed by atoms with E-state index in [1.165, 1.54) is 22.6 Å². The van der Waals surface area contributed by atoms with Gasteiger partial charge in [-0.15, -0.1) is 29.1 Å². The number of aliphatic hydroxyl groups is 1. The zero-order valence-corrected chi connectivity index (χ0v) is 34.9. The Morgan fingerprint density at radius 2 is 1.51 bits per heavy atom. The first kappa shape index (κ1) is 41.8. The van der Waals surface area contributed by atoms with E-state index in [2.05, 4.69) is 88.1 Å². The number of pyridine rings is 2. The Hall–Kier alpha value is -3.60. The van der Waals surface area contributed by atoms with E-state index in [9.17, 15) is 9.90 Å². The van der Waals surface area contributed by atoms with Gasteiger partial charge in [0.05, 0.1) is 6.26 Å². The van der Waals surface area contributed by atoms with Crippen LogP contribution in [0.25, 0.3) is 44.3 Å². The van der Waals surface area contributed by atoms with E-state index in [1.807, 2.05) is 66.3 Å². The fourth-order valence-corrected chi connectivity index (χ4v) is 6.15. The van der Waals surface area contributed by atoms with Gasteiger partial charge in [-0.2, -0.15) is 0 Å². The average Bonchev–Trinajstić information content (AvgIpc) is 3.51. The van der Waals surface area contributed by atoms with Gasteiger partial charge in [0, 0.05) is 71.6 Å². The third kappa shape index (κ3) is 9.64. The fourth-order valence-electron chi connectivity index (χ4n) is 6.15. The van der Waals surface area contributed by atoms with Crippen molar-refractivity contribution in [2.75, 3.05) is 0 Å². The molecule has 51 heavy (non-hydrogen) atoms. The molecule has 1 radical (unpaired) electrons. The molecule has 0 aliphatic carbocycles. The molecule has 275 valence electrons. The summed E-state index contributed by atoms with van der Waals surface area (Å²) in [4.78, 5) is 21.5. The second kappa shape index (κ2) is 17.3. The number of furan rings is 1. The quantitative estimate of drug-likeness (QED) is 0.0813. The molecule has 1 N–H and O–H groups in total. The molecule has 0 bridgehead atoms. The number of hydrogen-bond donors (Lipinski definition) is 1. The number of aliphatic hydroxyl groups excluding tert-OH is 1. The van der Waals surface area contributed by atoms with E-state index in [1.54, 1.807) is 0 Å². The maximum Gasteiger partial charge on any atom is 0.226 e. The van der Waals surface area contributed by atoms with Crippen molar-refractivity contribution in [1.82, 2.24) is 9.97 Å². The zero-order chi connectivity index (χ0) is 36.9. The first-order valence-electron chi connectivity index (χ1n) is 18.3. The van der Waals surface area contributed by atoms with Crippen LogP contribution in [0.4, 0.5) is 0 Å². The number of ketones is 1. The molecule has 0 unspecified atom stereocenters. The summed E-state index contributed by atoms with van der Waals surface area (Å²) < 4.78 is 5.69. The van der Waals surface area contributed by atoms with Crippen molar-refractivity contribution in [2.45, 2.75) is 114 Å². The smallest absolute Gasteiger partial charge is 0.226 e. The SMILES string of the molecule is CC(C)Cc1coc2ncc(-c3ccnc(-c4[c-]c5ccccc5c(C(C)(C)C)c4)c3)cc12.CCC(C)(CC)C(=O)/C=C(\O)C(C)(CC)CC.[Ir]. The number of carbonyl (C=O) groups excluding carboxylic acids is 1. The minimum atomic E-state index is -0.337. The third-order valence-electron chi connectivity index (χ3n) is 10.7. The number of benzene rings is 2. The van der Waals surface area contributed by atoms with E-state index in [4.69, 9.17) is 9.40 Å². The van der Waals surface area contributed by atoms with Gasteiger partial charge in [-0.25, -0.2) is 4.98 Å². The van der Waals surface area contributed by atoms with Gasteiger partial charge in [0.15, 0.2) is 5.78 Å². The Labute approximate surface area is 319 Å². The van der Waals surface area contributed by atoms with Crippen molar-refractivity contribution in [3.05, 3.63) is 96.2 Å². The Balaban J connectivity index is 0.000000335. The minimum Gasteiger partial charge on any atom is -0.512 e. The Kier molecular flexibility index (Phi) is 14.2. The van der Waals surface area contributed by atoms with Crippen LogP contribution in [0.2, 0.25) is 0 Å². The summed E-state index contributed by atoms with van der Waals surface area (Å²) in [6.45, 7) is 23.3. The van der Waals surface area contributed by atoms with Crippen molar-refractivity contribution < 1.29 is 34.4 Å². The fraction of sp³-hybridized carbons (Fsp3) is 0.444. The number of rotatable bonds is 11. The molecule has 0 fully saturated rings. The van der Waals surface area contributed by atoms with Crippen LogP contribution < -0.4 is 0 Å². The van der Waals surface area contributed by atoms with E-state index >= 15 is 0 Å². The van der Waals surface area contributed by atoms with Gasteiger partial charge in [-0.05, 0) is 61.1 Å². The molecule has 0 aliphatic heterocycles. The summed E-state index contributed by atoms with van der Waals surface area (Å²) in [7, 11) is 0. The predicted octanol–water partition coefficient (Wildman–Crippen LogP) is 12.7. The number of aromatic nitrogens is 2. The molecule has 0 atom stereocenters. The molecule has 5 aromatic rings. The second-order valence-electron chi connectivity index (χ2n) is 15.7. The van der Waals surface area contributed by atoms with Crippen LogP contribution in [-0.4, -0.2) is 20.9 Å². The first-order chi connectivity index (χ1) is 23.6. The van der Waals surface area contributed by atoms with Crippen LogP contribution in [0.3, 0.4) is 0 Å². The molecule has 0 amide bonds. The predicted molar refractivity (Wildman–Crippen MR) is 209 cm³/mol. The molecular weight excluding hydrogens is 809 g/mol. The molecule has 0 spiro atoms. The van der Waals surface area contributed by atoms with Gasteiger partial charge < -0.3 is 9.52 Å². The standard InChI is InChI=1S/C30H29N2O.C15H28O2.Ir/c1-19(2)12-24-18-33-29-26(24)14-23(17-32-29)20-10-11-31-28(16-20)22-13-21-8-6-7-9-25(21)27(15-22)30(3,4)5;1-7-14(5,8-2)12(16)11-13(17)15(6,9-3)10-4;/h6-11,14-19H,12H2,1-5H3;11,16H,7-10H2,1-6H3;/q-1;;/b;12-11-;. The average molecular weight is 866 g/mol. The minimum absolute atomic E-state index is 0. The van der Waals surface area contributed by atoms with Crippen molar-refractivity contribution in [3.8, 4) is 22.4 Å². The number of fused-ring (bicyclic) bond motifs is 2. The van der Waals surface area contributed by atoms with Crippen LogP contribution in [-0.2, 0) is 36.7 Å². The largest absolute Gasteiger partial charge is 0.512 e. The molecule has 3 aromatic heterocycles. The Morgan fingerprint density at radius 1 is 0.863 bits per heavy atom. The Morgan fingerprint density at radius 3 is 2.12 bits per heavy atom. The molecule has 0 aliphatic rings. The number of carbonyl (C=O) groups is 1. The number of allylic oxidation sites excluding steroid dienone is 2. The number of hydrogen-bond acceptors (Lipinski definition) is 5. The summed E-state index contributed by atoms with van der Waals surface area (Å²) in [5.41, 5.74) is 6.70. The number of nitrogens with zero attached hydrogens (tertiary/aromatic N) is 2. The maximum absolute atomic E-state index is 12.2. The van der Waals surface area contributed by atoms with Crippen LogP contribution in [0, 0.1) is 22.8 Å². The van der Waals surface area contributed by atoms with Crippen molar-refractivity contribution >= 4 is 27.7 Å². The molecule has 0 saturated heterocycles. The van der Waals surface area contributed by atoms with Gasteiger partial charge in [-0.3, -0.25) is 9.78 Å². The summed E-state index contributed by atoms with van der Waals surface area (Å²) in [6, 6.07) is 20.7. The van der Waals surface area contributed by atoms with E-state index in [0.29, 0.717) is 11.6 Å². The molecule has 2 aromatic carbocycles. The summed E-state index contributed by atoms with van der Waals surface area (Å²) in [6.07, 6.45) is 11.3. The molecule has 6 heteroatoms. The van der Waals surface area contributed by atoms with Crippen molar-refractivity contribution in [1.29, 1.82) is 0 Å². The van der Waals surface area contributed by atoms with E-state index in [-0.39, 0.29) is 47.9 Å². The molecular formula is C45H57IrN2O3-.